The Bertz CT molecular complexity index is 3200. The SMILES string of the molecule is CC1(C)c2ccccc2-c2c(-c3nc(-c4cccc(-c5ccccc5)c4)nc(-c4ccc5c(c4)oc4cccc(-c6cccc(-c7ccccc7)c6)c45)n3)cccc21. The van der Waals surface area contributed by atoms with E-state index < -0.39 is 0 Å². The first-order valence-electron chi connectivity index (χ1n) is 19.8. The van der Waals surface area contributed by atoms with Gasteiger partial charge in [0.05, 0.1) is 0 Å². The van der Waals surface area contributed by atoms with Gasteiger partial charge in [-0.1, -0.05) is 172 Å². The molecule has 2 heterocycles. The van der Waals surface area contributed by atoms with E-state index in [1.54, 1.807) is 0 Å². The van der Waals surface area contributed by atoms with Crippen LogP contribution in [0.25, 0.3) is 101 Å². The lowest BCUT2D eigenvalue weighted by Crippen LogP contribution is -2.14. The lowest BCUT2D eigenvalue weighted by Gasteiger charge is -2.21. The smallest absolute Gasteiger partial charge is 0.164 e. The van der Waals surface area contributed by atoms with Crippen molar-refractivity contribution < 1.29 is 4.42 Å². The van der Waals surface area contributed by atoms with Crippen molar-refractivity contribution in [3.8, 4) is 78.7 Å². The number of hydrogen-bond acceptors (Lipinski definition) is 4. The van der Waals surface area contributed by atoms with E-state index in [-0.39, 0.29) is 5.41 Å². The van der Waals surface area contributed by atoms with Gasteiger partial charge in [-0.3, -0.25) is 0 Å². The monoisotopic (exact) mass is 743 g/mol. The fraction of sp³-hybridized carbons (Fsp3) is 0.0556. The van der Waals surface area contributed by atoms with E-state index in [2.05, 4.69) is 190 Å². The first-order chi connectivity index (χ1) is 28.5. The topological polar surface area (TPSA) is 51.8 Å². The Kier molecular flexibility index (Phi) is 7.80. The molecule has 0 saturated heterocycles. The Morgan fingerprint density at radius 2 is 0.879 bits per heavy atom. The molecule has 0 N–H and O–H groups in total. The molecule has 0 aliphatic heterocycles. The molecule has 11 rings (SSSR count). The van der Waals surface area contributed by atoms with Gasteiger partial charge in [0.2, 0.25) is 0 Å². The zero-order valence-corrected chi connectivity index (χ0v) is 32.1. The van der Waals surface area contributed by atoms with Crippen LogP contribution in [0.2, 0.25) is 0 Å². The average Bonchev–Trinajstić information content (AvgIpc) is 3.78. The van der Waals surface area contributed by atoms with Gasteiger partial charge in [0, 0.05) is 32.9 Å². The van der Waals surface area contributed by atoms with Gasteiger partial charge < -0.3 is 4.42 Å². The Labute approximate surface area is 337 Å². The maximum absolute atomic E-state index is 6.64. The lowest BCUT2D eigenvalue weighted by molar-refractivity contribution is 0.660. The Morgan fingerprint density at radius 1 is 0.362 bits per heavy atom. The minimum absolute atomic E-state index is 0.154. The lowest BCUT2D eigenvalue weighted by atomic mass is 9.82. The molecule has 0 fully saturated rings. The average molecular weight is 744 g/mol. The van der Waals surface area contributed by atoms with Crippen molar-refractivity contribution >= 4 is 21.9 Å². The highest BCUT2D eigenvalue weighted by Crippen LogP contribution is 2.51. The number of nitrogens with zero attached hydrogens (tertiary/aromatic N) is 3. The summed E-state index contributed by atoms with van der Waals surface area (Å²) in [6, 6.07) is 66.0. The maximum atomic E-state index is 6.64. The van der Waals surface area contributed by atoms with E-state index in [4.69, 9.17) is 19.4 Å². The Hall–Kier alpha value is -7.43. The summed E-state index contributed by atoms with van der Waals surface area (Å²) >= 11 is 0. The number of furan rings is 1. The highest BCUT2D eigenvalue weighted by Gasteiger charge is 2.37. The predicted octanol–water partition coefficient (Wildman–Crippen LogP) is 14.1. The van der Waals surface area contributed by atoms with Crippen LogP contribution in [0.5, 0.6) is 0 Å². The van der Waals surface area contributed by atoms with Gasteiger partial charge in [-0.15, -0.1) is 0 Å². The van der Waals surface area contributed by atoms with Crippen molar-refractivity contribution in [2.45, 2.75) is 19.3 Å². The number of aromatic nitrogens is 3. The van der Waals surface area contributed by atoms with Gasteiger partial charge in [0.1, 0.15) is 11.2 Å². The van der Waals surface area contributed by atoms with Gasteiger partial charge in [0.15, 0.2) is 17.5 Å². The maximum Gasteiger partial charge on any atom is 0.164 e. The van der Waals surface area contributed by atoms with Gasteiger partial charge in [-0.2, -0.15) is 0 Å². The summed E-state index contributed by atoms with van der Waals surface area (Å²) in [5, 5.41) is 2.13. The minimum atomic E-state index is -0.154. The second-order valence-electron chi connectivity index (χ2n) is 15.6. The van der Waals surface area contributed by atoms with Crippen LogP contribution in [0.15, 0.2) is 192 Å². The van der Waals surface area contributed by atoms with Crippen molar-refractivity contribution in [3.05, 3.63) is 199 Å². The van der Waals surface area contributed by atoms with E-state index in [1.807, 2.05) is 12.1 Å². The van der Waals surface area contributed by atoms with Gasteiger partial charge in [-0.05, 0) is 86.0 Å². The third-order valence-corrected chi connectivity index (χ3v) is 11.7. The molecular formula is C54H37N3O. The summed E-state index contributed by atoms with van der Waals surface area (Å²) < 4.78 is 6.64. The highest BCUT2D eigenvalue weighted by atomic mass is 16.3. The van der Waals surface area contributed by atoms with Crippen LogP contribution in [-0.4, -0.2) is 15.0 Å². The van der Waals surface area contributed by atoms with Crippen molar-refractivity contribution in [3.63, 3.8) is 0 Å². The summed E-state index contributed by atoms with van der Waals surface area (Å²) in [5.74, 6) is 1.84. The van der Waals surface area contributed by atoms with Crippen molar-refractivity contribution in [2.75, 3.05) is 0 Å². The number of hydrogen-bond donors (Lipinski definition) is 0. The molecule has 58 heavy (non-hydrogen) atoms. The Morgan fingerprint density at radius 3 is 1.62 bits per heavy atom. The van der Waals surface area contributed by atoms with Crippen molar-refractivity contribution in [2.24, 2.45) is 0 Å². The normalized spacial score (nSPS) is 12.8. The molecular weight excluding hydrogens is 707 g/mol. The van der Waals surface area contributed by atoms with Crippen LogP contribution in [0.3, 0.4) is 0 Å². The minimum Gasteiger partial charge on any atom is -0.456 e. The zero-order valence-electron chi connectivity index (χ0n) is 32.1. The molecule has 4 heteroatoms. The second kappa shape index (κ2) is 13.4. The summed E-state index contributed by atoms with van der Waals surface area (Å²) in [4.78, 5) is 15.7. The van der Waals surface area contributed by atoms with Gasteiger partial charge >= 0.3 is 0 Å². The fourth-order valence-electron chi connectivity index (χ4n) is 8.87. The molecule has 0 spiro atoms. The first kappa shape index (κ1) is 33.9. The predicted molar refractivity (Wildman–Crippen MR) is 237 cm³/mol. The quantitative estimate of drug-likeness (QED) is 0.170. The van der Waals surface area contributed by atoms with E-state index in [9.17, 15) is 0 Å². The fourth-order valence-corrected chi connectivity index (χ4v) is 8.87. The third-order valence-electron chi connectivity index (χ3n) is 11.7. The molecule has 1 aliphatic carbocycles. The molecule has 10 aromatic rings. The molecule has 0 radical (unpaired) electrons. The van der Waals surface area contributed by atoms with E-state index >= 15 is 0 Å². The van der Waals surface area contributed by atoms with Crippen molar-refractivity contribution in [1.82, 2.24) is 15.0 Å². The largest absolute Gasteiger partial charge is 0.456 e. The molecule has 0 unspecified atom stereocenters. The summed E-state index contributed by atoms with van der Waals surface area (Å²) in [5.41, 5.74) is 16.1. The summed E-state index contributed by atoms with van der Waals surface area (Å²) in [6.45, 7) is 4.60. The van der Waals surface area contributed by atoms with E-state index in [0.29, 0.717) is 17.5 Å². The molecule has 0 saturated carbocycles. The number of rotatable bonds is 6. The zero-order chi connectivity index (χ0) is 38.8. The van der Waals surface area contributed by atoms with Crippen LogP contribution in [0, 0.1) is 0 Å². The van der Waals surface area contributed by atoms with Crippen LogP contribution in [0.4, 0.5) is 0 Å². The molecule has 1 aliphatic rings. The third kappa shape index (κ3) is 5.56. The van der Waals surface area contributed by atoms with Crippen LogP contribution in [-0.2, 0) is 5.41 Å². The number of benzene rings is 8. The van der Waals surface area contributed by atoms with Gasteiger partial charge in [0.25, 0.3) is 0 Å². The van der Waals surface area contributed by atoms with Crippen molar-refractivity contribution in [1.29, 1.82) is 0 Å². The molecule has 4 nitrogen and oxygen atoms in total. The first-order valence-corrected chi connectivity index (χ1v) is 19.8. The second-order valence-corrected chi connectivity index (χ2v) is 15.6. The van der Waals surface area contributed by atoms with Gasteiger partial charge in [-0.25, -0.2) is 15.0 Å². The molecule has 0 atom stereocenters. The molecule has 0 bridgehead atoms. The number of fused-ring (bicyclic) bond motifs is 6. The summed E-state index contributed by atoms with van der Waals surface area (Å²) in [7, 11) is 0. The summed E-state index contributed by atoms with van der Waals surface area (Å²) in [6.07, 6.45) is 0. The molecule has 8 aromatic carbocycles. The van der Waals surface area contributed by atoms with Crippen LogP contribution in [0.1, 0.15) is 25.0 Å². The molecule has 2 aromatic heterocycles. The van der Waals surface area contributed by atoms with E-state index in [1.165, 1.54) is 33.4 Å². The molecule has 274 valence electrons. The van der Waals surface area contributed by atoms with E-state index in [0.717, 1.165) is 60.9 Å². The van der Waals surface area contributed by atoms with Crippen LogP contribution < -0.4 is 0 Å². The highest BCUT2D eigenvalue weighted by molar-refractivity contribution is 6.13. The standard InChI is InChI=1S/C54H37N3O/c1-54(2)45-26-10-9-23-42(45)49-44(25-13-27-46(49)54)53-56-51(39-22-12-20-37(32-39)35-17-7-4-8-18-35)55-52(57-53)40-29-30-43-48(33-40)58-47-28-14-24-41(50(43)47)38-21-11-19-36(31-38)34-15-5-3-6-16-34/h3-33H,1-2H3. The Balaban J connectivity index is 1.08. The molecule has 0 amide bonds. The van der Waals surface area contributed by atoms with Crippen LogP contribution >= 0.6 is 0 Å².